The van der Waals surface area contributed by atoms with Crippen molar-refractivity contribution in [1.29, 1.82) is 0 Å². The number of ether oxygens (including phenoxy) is 2. The molecule has 9 nitrogen and oxygen atoms in total. The number of carbonyl (C=O) groups excluding carboxylic acids is 2. The third-order valence-corrected chi connectivity index (χ3v) is 6.31. The zero-order valence-electron chi connectivity index (χ0n) is 18.0. The van der Waals surface area contributed by atoms with Gasteiger partial charge in [0.1, 0.15) is 11.5 Å². The first-order valence-electron chi connectivity index (χ1n) is 9.53. The predicted octanol–water partition coefficient (Wildman–Crippen LogP) is 2.70. The van der Waals surface area contributed by atoms with E-state index in [9.17, 15) is 18.0 Å². The summed E-state index contributed by atoms with van der Waals surface area (Å²) in [5.41, 5.74) is 0.937. The topological polar surface area (TPSA) is 114 Å². The average Bonchev–Trinajstić information content (AvgIpc) is 2.73. The highest BCUT2D eigenvalue weighted by molar-refractivity contribution is 7.89. The first-order valence-corrected chi connectivity index (χ1v) is 11.0. The Morgan fingerprint density at radius 3 is 2.26 bits per heavy atom. The van der Waals surface area contributed by atoms with Gasteiger partial charge in [-0.2, -0.15) is 0 Å². The summed E-state index contributed by atoms with van der Waals surface area (Å²) in [5, 5.41) is 5.37. The van der Waals surface area contributed by atoms with Crippen molar-refractivity contribution >= 4 is 33.2 Å². The Morgan fingerprint density at radius 1 is 1.00 bits per heavy atom. The summed E-state index contributed by atoms with van der Waals surface area (Å²) in [7, 11) is 0.787. The van der Waals surface area contributed by atoms with Gasteiger partial charge in [0.15, 0.2) is 0 Å². The molecule has 0 radical (unpaired) electrons. The van der Waals surface area contributed by atoms with Gasteiger partial charge in [0, 0.05) is 32.6 Å². The van der Waals surface area contributed by atoms with Crippen LogP contribution in [0.1, 0.15) is 19.8 Å². The highest BCUT2D eigenvalue weighted by atomic mass is 32.2. The maximum Gasteiger partial charge on any atom is 0.242 e. The molecule has 0 fully saturated rings. The van der Waals surface area contributed by atoms with Crippen LogP contribution >= 0.6 is 0 Å². The van der Waals surface area contributed by atoms with Crippen LogP contribution in [0.5, 0.6) is 11.5 Å². The first kappa shape index (κ1) is 24.2. The molecule has 31 heavy (non-hydrogen) atoms. The Kier molecular flexibility index (Phi) is 8.40. The quantitative estimate of drug-likeness (QED) is 0.576. The van der Waals surface area contributed by atoms with Gasteiger partial charge in [0.05, 0.1) is 24.8 Å². The van der Waals surface area contributed by atoms with E-state index in [-0.39, 0.29) is 29.7 Å². The third-order valence-electron chi connectivity index (χ3n) is 4.44. The molecule has 2 rings (SSSR count). The fraction of sp³-hybridized carbons (Fsp3) is 0.333. The van der Waals surface area contributed by atoms with Crippen LogP contribution in [-0.4, -0.2) is 52.3 Å². The van der Waals surface area contributed by atoms with Gasteiger partial charge >= 0.3 is 0 Å². The number of nitrogens with zero attached hydrogens (tertiary/aromatic N) is 1. The molecule has 0 aliphatic carbocycles. The van der Waals surface area contributed by atoms with Gasteiger partial charge in [-0.3, -0.25) is 9.59 Å². The van der Waals surface area contributed by atoms with E-state index < -0.39 is 10.0 Å². The van der Waals surface area contributed by atoms with E-state index in [4.69, 9.17) is 9.47 Å². The van der Waals surface area contributed by atoms with Crippen molar-refractivity contribution in [2.45, 2.75) is 24.7 Å². The lowest BCUT2D eigenvalue weighted by Crippen LogP contribution is -2.28. The number of amides is 2. The van der Waals surface area contributed by atoms with Crippen LogP contribution in [0.4, 0.5) is 11.4 Å². The molecule has 0 aliphatic rings. The van der Waals surface area contributed by atoms with Gasteiger partial charge in [-0.05, 0) is 48.9 Å². The van der Waals surface area contributed by atoms with Gasteiger partial charge in [-0.15, -0.1) is 0 Å². The molecule has 2 N–H and O–H groups in total. The zero-order valence-corrected chi connectivity index (χ0v) is 18.8. The number of rotatable bonds is 10. The summed E-state index contributed by atoms with van der Waals surface area (Å²) in [6, 6.07) is 11.0. The van der Waals surface area contributed by atoms with Gasteiger partial charge in [-0.1, -0.05) is 0 Å². The van der Waals surface area contributed by atoms with E-state index >= 15 is 0 Å². The van der Waals surface area contributed by atoms with Crippen molar-refractivity contribution in [2.75, 3.05) is 38.4 Å². The molecule has 2 amide bonds. The zero-order chi connectivity index (χ0) is 23.0. The summed E-state index contributed by atoms with van der Waals surface area (Å²) >= 11 is 0. The summed E-state index contributed by atoms with van der Waals surface area (Å²) in [4.78, 5) is 23.7. The number of methoxy groups -OCH3 is 2. The van der Waals surface area contributed by atoms with Crippen molar-refractivity contribution in [2.24, 2.45) is 0 Å². The number of carbonyl (C=O) groups is 2. The fourth-order valence-corrected chi connectivity index (χ4v) is 4.02. The lowest BCUT2D eigenvalue weighted by Gasteiger charge is -2.17. The maximum absolute atomic E-state index is 12.6. The SMILES string of the molecule is COc1ccc(S(=O)(=O)N(C)CCCC(=O)Nc2cc(NC(C)=O)ccc2OC)cc1. The smallest absolute Gasteiger partial charge is 0.242 e. The molecule has 2 aromatic carbocycles. The minimum Gasteiger partial charge on any atom is -0.497 e. The first-order chi connectivity index (χ1) is 14.7. The second kappa shape index (κ2) is 10.8. The number of anilines is 2. The van der Waals surface area contributed by atoms with Crippen molar-refractivity contribution in [1.82, 2.24) is 4.31 Å². The van der Waals surface area contributed by atoms with Crippen LogP contribution in [0, 0.1) is 0 Å². The second-order valence-electron chi connectivity index (χ2n) is 6.75. The molecule has 0 saturated heterocycles. The van der Waals surface area contributed by atoms with Crippen LogP contribution in [0.3, 0.4) is 0 Å². The Balaban J connectivity index is 1.94. The molecule has 0 saturated carbocycles. The van der Waals surface area contributed by atoms with Gasteiger partial charge in [0.25, 0.3) is 0 Å². The molecule has 0 aromatic heterocycles. The number of benzene rings is 2. The van der Waals surface area contributed by atoms with E-state index in [1.165, 1.54) is 44.6 Å². The molecule has 0 unspecified atom stereocenters. The second-order valence-corrected chi connectivity index (χ2v) is 8.79. The molecule has 0 bridgehead atoms. The predicted molar refractivity (Wildman–Crippen MR) is 118 cm³/mol. The van der Waals surface area contributed by atoms with Gasteiger partial charge in [0.2, 0.25) is 21.8 Å². The molecule has 0 heterocycles. The summed E-state index contributed by atoms with van der Waals surface area (Å²) in [5.74, 6) is 0.481. The van der Waals surface area contributed by atoms with Crippen molar-refractivity contribution in [3.63, 3.8) is 0 Å². The van der Waals surface area contributed by atoms with Gasteiger partial charge in [-0.25, -0.2) is 12.7 Å². The van der Waals surface area contributed by atoms with E-state index in [0.29, 0.717) is 29.3 Å². The fourth-order valence-electron chi connectivity index (χ4n) is 2.81. The molecular formula is C21H27N3O6S. The number of nitrogens with one attached hydrogen (secondary N) is 2. The normalized spacial score (nSPS) is 11.1. The Morgan fingerprint density at radius 2 is 1.68 bits per heavy atom. The average molecular weight is 450 g/mol. The molecule has 10 heteroatoms. The van der Waals surface area contributed by atoms with E-state index in [1.54, 1.807) is 30.3 Å². The molecule has 0 aliphatic heterocycles. The Hall–Kier alpha value is -3.11. The van der Waals surface area contributed by atoms with Crippen LogP contribution in [0.25, 0.3) is 0 Å². The molecule has 0 atom stereocenters. The number of sulfonamides is 1. The van der Waals surface area contributed by atoms with Crippen molar-refractivity contribution in [3.8, 4) is 11.5 Å². The van der Waals surface area contributed by atoms with E-state index in [2.05, 4.69) is 10.6 Å². The van der Waals surface area contributed by atoms with Crippen LogP contribution in [0.2, 0.25) is 0 Å². The lowest BCUT2D eigenvalue weighted by atomic mass is 10.2. The highest BCUT2D eigenvalue weighted by Gasteiger charge is 2.20. The van der Waals surface area contributed by atoms with Crippen LogP contribution < -0.4 is 20.1 Å². The Bertz CT molecular complexity index is 1020. The third kappa shape index (κ3) is 6.69. The maximum atomic E-state index is 12.6. The summed E-state index contributed by atoms with van der Waals surface area (Å²) in [6.45, 7) is 1.56. The van der Waals surface area contributed by atoms with Crippen molar-refractivity contribution in [3.05, 3.63) is 42.5 Å². The number of hydrogen-bond acceptors (Lipinski definition) is 6. The minimum absolute atomic E-state index is 0.107. The Labute approximate surface area is 182 Å². The summed E-state index contributed by atoms with van der Waals surface area (Å²) in [6.07, 6.45) is 0.432. The van der Waals surface area contributed by atoms with Crippen molar-refractivity contribution < 1.29 is 27.5 Å². The largest absolute Gasteiger partial charge is 0.497 e. The molecule has 168 valence electrons. The lowest BCUT2D eigenvalue weighted by molar-refractivity contribution is -0.116. The molecular weight excluding hydrogens is 422 g/mol. The van der Waals surface area contributed by atoms with E-state index in [1.807, 2.05) is 0 Å². The summed E-state index contributed by atoms with van der Waals surface area (Å²) < 4.78 is 36.8. The standard InChI is InChI=1S/C21H27N3O6S/c1-15(25)22-16-7-12-20(30-4)19(14-16)23-21(26)6-5-13-24(2)31(27,28)18-10-8-17(29-3)9-11-18/h7-12,14H,5-6,13H2,1-4H3,(H,22,25)(H,23,26). The molecule has 0 spiro atoms. The minimum atomic E-state index is -3.66. The van der Waals surface area contributed by atoms with Crippen LogP contribution in [0.15, 0.2) is 47.4 Å². The molecule has 2 aromatic rings. The highest BCUT2D eigenvalue weighted by Crippen LogP contribution is 2.28. The van der Waals surface area contributed by atoms with E-state index in [0.717, 1.165) is 0 Å². The van der Waals surface area contributed by atoms with Gasteiger partial charge < -0.3 is 20.1 Å². The number of hydrogen-bond donors (Lipinski definition) is 2. The van der Waals surface area contributed by atoms with Crippen LogP contribution in [-0.2, 0) is 19.6 Å². The monoisotopic (exact) mass is 449 g/mol.